The van der Waals surface area contributed by atoms with Crippen LogP contribution < -0.4 is 4.90 Å². The number of anilines is 1. The molecule has 3 rings (SSSR count). The van der Waals surface area contributed by atoms with Crippen molar-refractivity contribution in [3.05, 3.63) is 41.9 Å². The van der Waals surface area contributed by atoms with Crippen LogP contribution in [0.1, 0.15) is 19.5 Å². The summed E-state index contributed by atoms with van der Waals surface area (Å²) in [7, 11) is 0. The quantitative estimate of drug-likeness (QED) is 0.741. The molecular formula is C16H17F2N5. The SMILES string of the molecule is CCN(CC)c1c(-c2c(F)cccc2F)c(C)nc2ncnn12. The lowest BCUT2D eigenvalue weighted by molar-refractivity contribution is 0.588. The molecule has 0 bridgehead atoms. The lowest BCUT2D eigenvalue weighted by Gasteiger charge is -2.25. The van der Waals surface area contributed by atoms with Crippen molar-refractivity contribution in [2.45, 2.75) is 20.8 Å². The molecular weight excluding hydrogens is 300 g/mol. The number of fused-ring (bicyclic) bond motifs is 1. The number of hydrogen-bond acceptors (Lipinski definition) is 4. The maximum atomic E-state index is 14.4. The van der Waals surface area contributed by atoms with E-state index in [1.165, 1.54) is 29.0 Å². The van der Waals surface area contributed by atoms with E-state index >= 15 is 0 Å². The zero-order valence-electron chi connectivity index (χ0n) is 13.2. The van der Waals surface area contributed by atoms with Crippen LogP contribution in [0, 0.1) is 18.6 Å². The summed E-state index contributed by atoms with van der Waals surface area (Å²) in [6.07, 6.45) is 1.39. The van der Waals surface area contributed by atoms with Crippen LogP contribution in [-0.4, -0.2) is 32.7 Å². The molecule has 0 radical (unpaired) electrons. The fourth-order valence-electron chi connectivity index (χ4n) is 2.78. The summed E-state index contributed by atoms with van der Waals surface area (Å²) in [6, 6.07) is 3.84. The highest BCUT2D eigenvalue weighted by molar-refractivity contribution is 5.80. The maximum absolute atomic E-state index is 14.4. The van der Waals surface area contributed by atoms with E-state index in [4.69, 9.17) is 0 Å². The van der Waals surface area contributed by atoms with Crippen molar-refractivity contribution in [3.8, 4) is 11.1 Å². The zero-order chi connectivity index (χ0) is 16.6. The van der Waals surface area contributed by atoms with Gasteiger partial charge in [-0.15, -0.1) is 0 Å². The Kier molecular flexibility index (Phi) is 3.94. The second-order valence-corrected chi connectivity index (χ2v) is 5.14. The minimum atomic E-state index is -0.622. The average Bonchev–Trinajstić information content (AvgIpc) is 2.97. The van der Waals surface area contributed by atoms with Gasteiger partial charge in [-0.2, -0.15) is 14.6 Å². The minimum Gasteiger partial charge on any atom is -0.356 e. The molecule has 7 heteroatoms. The summed E-state index contributed by atoms with van der Waals surface area (Å²) in [6.45, 7) is 7.01. The van der Waals surface area contributed by atoms with Crippen LogP contribution in [0.5, 0.6) is 0 Å². The number of nitrogens with zero attached hydrogens (tertiary/aromatic N) is 5. The van der Waals surface area contributed by atoms with E-state index in [-0.39, 0.29) is 5.56 Å². The Balaban J connectivity index is 2.44. The van der Waals surface area contributed by atoms with E-state index < -0.39 is 11.6 Å². The largest absolute Gasteiger partial charge is 0.356 e. The summed E-state index contributed by atoms with van der Waals surface area (Å²) in [5, 5.41) is 4.18. The van der Waals surface area contributed by atoms with Crippen LogP contribution in [0.25, 0.3) is 16.9 Å². The monoisotopic (exact) mass is 317 g/mol. The van der Waals surface area contributed by atoms with Gasteiger partial charge >= 0.3 is 0 Å². The van der Waals surface area contributed by atoms with E-state index in [2.05, 4.69) is 15.1 Å². The van der Waals surface area contributed by atoms with Crippen molar-refractivity contribution >= 4 is 11.6 Å². The van der Waals surface area contributed by atoms with Gasteiger partial charge in [-0.25, -0.2) is 13.8 Å². The Morgan fingerprint density at radius 3 is 2.35 bits per heavy atom. The minimum absolute atomic E-state index is 0.0863. The highest BCUT2D eigenvalue weighted by atomic mass is 19.1. The molecule has 1 aromatic carbocycles. The molecule has 0 unspecified atom stereocenters. The molecule has 0 aliphatic rings. The molecule has 0 aliphatic carbocycles. The van der Waals surface area contributed by atoms with E-state index in [1.54, 1.807) is 6.92 Å². The van der Waals surface area contributed by atoms with Crippen LogP contribution in [-0.2, 0) is 0 Å². The number of aromatic nitrogens is 4. The third-order valence-corrected chi connectivity index (χ3v) is 3.86. The molecule has 0 saturated carbocycles. The van der Waals surface area contributed by atoms with Gasteiger partial charge in [-0.05, 0) is 32.9 Å². The van der Waals surface area contributed by atoms with Gasteiger partial charge in [0.15, 0.2) is 0 Å². The Labute approximate surface area is 132 Å². The number of hydrogen-bond donors (Lipinski definition) is 0. The van der Waals surface area contributed by atoms with Gasteiger partial charge in [0.1, 0.15) is 23.8 Å². The van der Waals surface area contributed by atoms with Gasteiger partial charge in [-0.3, -0.25) is 0 Å². The van der Waals surface area contributed by atoms with E-state index in [0.717, 1.165) is 0 Å². The van der Waals surface area contributed by atoms with Crippen LogP contribution in [0.4, 0.5) is 14.6 Å². The van der Waals surface area contributed by atoms with Crippen LogP contribution in [0.3, 0.4) is 0 Å². The van der Waals surface area contributed by atoms with E-state index in [0.29, 0.717) is 35.9 Å². The molecule has 5 nitrogen and oxygen atoms in total. The summed E-state index contributed by atoms with van der Waals surface area (Å²) < 4.78 is 30.3. The van der Waals surface area contributed by atoms with Gasteiger partial charge in [0, 0.05) is 13.1 Å². The Morgan fingerprint density at radius 1 is 1.09 bits per heavy atom. The normalized spacial score (nSPS) is 11.2. The summed E-state index contributed by atoms with van der Waals surface area (Å²) >= 11 is 0. The van der Waals surface area contributed by atoms with Gasteiger partial charge in [0.05, 0.1) is 16.8 Å². The summed E-state index contributed by atoms with van der Waals surface area (Å²) in [5.74, 6) is -0.241. The van der Waals surface area contributed by atoms with Gasteiger partial charge < -0.3 is 4.90 Å². The third-order valence-electron chi connectivity index (χ3n) is 3.86. The van der Waals surface area contributed by atoms with Crippen molar-refractivity contribution in [3.63, 3.8) is 0 Å². The molecule has 0 saturated heterocycles. The Hall–Kier alpha value is -2.57. The van der Waals surface area contributed by atoms with E-state index in [9.17, 15) is 8.78 Å². The molecule has 120 valence electrons. The highest BCUT2D eigenvalue weighted by Gasteiger charge is 2.24. The summed E-state index contributed by atoms with van der Waals surface area (Å²) in [5.41, 5.74) is 0.829. The van der Waals surface area contributed by atoms with Crippen molar-refractivity contribution in [1.29, 1.82) is 0 Å². The lowest BCUT2D eigenvalue weighted by atomic mass is 10.0. The fraction of sp³-hybridized carbons (Fsp3) is 0.312. The van der Waals surface area contributed by atoms with Crippen LogP contribution in [0.15, 0.2) is 24.5 Å². The molecule has 3 aromatic rings. The van der Waals surface area contributed by atoms with Crippen molar-refractivity contribution in [2.75, 3.05) is 18.0 Å². The fourth-order valence-corrected chi connectivity index (χ4v) is 2.78. The van der Waals surface area contributed by atoms with Crippen molar-refractivity contribution in [2.24, 2.45) is 0 Å². The third kappa shape index (κ3) is 2.42. The highest BCUT2D eigenvalue weighted by Crippen LogP contribution is 2.36. The van der Waals surface area contributed by atoms with E-state index in [1.807, 2.05) is 18.7 Å². The number of halogens is 2. The molecule has 0 N–H and O–H groups in total. The molecule has 2 aromatic heterocycles. The van der Waals surface area contributed by atoms with Gasteiger partial charge in [0.2, 0.25) is 0 Å². The molecule has 0 amide bonds. The second-order valence-electron chi connectivity index (χ2n) is 5.14. The topological polar surface area (TPSA) is 46.3 Å². The molecule has 23 heavy (non-hydrogen) atoms. The Morgan fingerprint density at radius 2 is 1.74 bits per heavy atom. The predicted molar refractivity (Wildman–Crippen MR) is 84.4 cm³/mol. The average molecular weight is 317 g/mol. The van der Waals surface area contributed by atoms with Gasteiger partial charge in [0.25, 0.3) is 5.78 Å². The molecule has 2 heterocycles. The van der Waals surface area contributed by atoms with Crippen molar-refractivity contribution in [1.82, 2.24) is 19.6 Å². The smallest absolute Gasteiger partial charge is 0.254 e. The van der Waals surface area contributed by atoms with Crippen LogP contribution in [0.2, 0.25) is 0 Å². The standard InChI is InChI=1S/C16H17F2N5/c1-4-22(5-2)15-13(14-11(17)7-6-8-12(14)18)10(3)21-16-19-9-20-23(15)16/h6-9H,4-5H2,1-3H3. The molecule has 0 spiro atoms. The molecule has 0 atom stereocenters. The summed E-state index contributed by atoms with van der Waals surface area (Å²) in [4.78, 5) is 10.4. The van der Waals surface area contributed by atoms with Crippen molar-refractivity contribution < 1.29 is 8.78 Å². The molecule has 0 aliphatic heterocycles. The first kappa shape index (κ1) is 15.3. The number of aryl methyl sites for hydroxylation is 1. The number of benzene rings is 1. The first-order valence-electron chi connectivity index (χ1n) is 7.48. The second kappa shape index (κ2) is 5.91. The van der Waals surface area contributed by atoms with Gasteiger partial charge in [-0.1, -0.05) is 6.07 Å². The number of rotatable bonds is 4. The zero-order valence-corrected chi connectivity index (χ0v) is 13.2. The predicted octanol–water partition coefficient (Wildman–Crippen LogP) is 3.22. The maximum Gasteiger partial charge on any atom is 0.254 e. The first-order valence-corrected chi connectivity index (χ1v) is 7.48. The first-order chi connectivity index (χ1) is 11.1. The lowest BCUT2D eigenvalue weighted by Crippen LogP contribution is -2.26. The Bertz CT molecular complexity index is 835. The van der Waals surface area contributed by atoms with Crippen LogP contribution >= 0.6 is 0 Å². The molecule has 0 fully saturated rings.